The zero-order valence-electron chi connectivity index (χ0n) is 15.5. The van der Waals surface area contributed by atoms with Gasteiger partial charge in [-0.25, -0.2) is 8.78 Å². The maximum Gasteiger partial charge on any atom is 0.196 e. The van der Waals surface area contributed by atoms with Crippen molar-refractivity contribution >= 4 is 0 Å². The lowest BCUT2D eigenvalue weighted by atomic mass is 9.79. The fourth-order valence-corrected chi connectivity index (χ4v) is 4.37. The van der Waals surface area contributed by atoms with Gasteiger partial charge in [0.05, 0.1) is 6.10 Å². The number of rotatable bonds is 5. The van der Waals surface area contributed by atoms with Crippen molar-refractivity contribution in [2.45, 2.75) is 63.4 Å². The average molecular weight is 377 g/mol. The first-order valence-corrected chi connectivity index (χ1v) is 9.89. The van der Waals surface area contributed by atoms with Gasteiger partial charge in [-0.1, -0.05) is 6.07 Å². The van der Waals surface area contributed by atoms with Gasteiger partial charge in [-0.2, -0.15) is 9.65 Å². The monoisotopic (exact) mass is 377 g/mol. The van der Waals surface area contributed by atoms with Gasteiger partial charge in [-0.15, -0.1) is 0 Å². The lowest BCUT2D eigenvalue weighted by Crippen LogP contribution is -2.25. The highest BCUT2D eigenvalue weighted by Gasteiger charge is 2.26. The molecule has 0 unspecified atom stereocenters. The lowest BCUT2D eigenvalue weighted by molar-refractivity contribution is -0.00466. The van der Waals surface area contributed by atoms with Crippen LogP contribution in [-0.4, -0.2) is 12.7 Å². The molecule has 0 bridgehead atoms. The Morgan fingerprint density at radius 1 is 1.04 bits per heavy atom. The number of nitriles is 1. The third-order valence-corrected chi connectivity index (χ3v) is 6.04. The molecule has 0 N–H and O–H groups in total. The number of hydrogen-bond donors (Lipinski definition) is 0. The second-order valence-electron chi connectivity index (χ2n) is 7.89. The van der Waals surface area contributed by atoms with Crippen LogP contribution in [0.1, 0.15) is 62.8 Å². The summed E-state index contributed by atoms with van der Waals surface area (Å²) in [6, 6.07) is 5.78. The Balaban J connectivity index is 1.38. The number of halogens is 3. The molecule has 1 aromatic rings. The van der Waals surface area contributed by atoms with Gasteiger partial charge >= 0.3 is 0 Å². The first-order valence-electron chi connectivity index (χ1n) is 9.89. The molecule has 0 spiro atoms. The molecule has 5 heteroatoms. The van der Waals surface area contributed by atoms with Crippen LogP contribution < -0.4 is 0 Å². The SMILES string of the molecule is N#C/C(F)=C/C1CCC(OCC2CCC(c3ccc(F)c(F)c3)CC2)CC1. The molecular weight excluding hydrogens is 351 g/mol. The molecule has 0 aromatic heterocycles. The first kappa shape index (κ1) is 19.9. The van der Waals surface area contributed by atoms with Crippen molar-refractivity contribution in [1.29, 1.82) is 5.26 Å². The highest BCUT2D eigenvalue weighted by Crippen LogP contribution is 2.37. The fourth-order valence-electron chi connectivity index (χ4n) is 4.37. The highest BCUT2D eigenvalue weighted by atomic mass is 19.2. The largest absolute Gasteiger partial charge is 0.378 e. The quantitative estimate of drug-likeness (QED) is 0.573. The van der Waals surface area contributed by atoms with Gasteiger partial charge in [0.1, 0.15) is 6.07 Å². The van der Waals surface area contributed by atoms with Crippen molar-refractivity contribution in [3.63, 3.8) is 0 Å². The van der Waals surface area contributed by atoms with Gasteiger partial charge in [0.15, 0.2) is 17.5 Å². The van der Waals surface area contributed by atoms with Gasteiger partial charge in [0, 0.05) is 6.61 Å². The van der Waals surface area contributed by atoms with Crippen molar-refractivity contribution in [3.05, 3.63) is 47.3 Å². The summed E-state index contributed by atoms with van der Waals surface area (Å²) >= 11 is 0. The van der Waals surface area contributed by atoms with E-state index in [0.717, 1.165) is 63.5 Å². The van der Waals surface area contributed by atoms with Crippen LogP contribution in [0.5, 0.6) is 0 Å². The smallest absolute Gasteiger partial charge is 0.196 e. The van der Waals surface area contributed by atoms with Crippen molar-refractivity contribution in [1.82, 2.24) is 0 Å². The molecule has 27 heavy (non-hydrogen) atoms. The van der Waals surface area contributed by atoms with Gasteiger partial charge in [-0.3, -0.25) is 0 Å². The Bertz CT molecular complexity index is 696. The number of ether oxygens (including phenoxy) is 1. The Morgan fingerprint density at radius 2 is 1.74 bits per heavy atom. The summed E-state index contributed by atoms with van der Waals surface area (Å²) in [5.74, 6) is -1.28. The third-order valence-electron chi connectivity index (χ3n) is 6.04. The molecule has 2 saturated carbocycles. The molecule has 0 aliphatic heterocycles. The van der Waals surface area contributed by atoms with E-state index in [2.05, 4.69) is 0 Å². The molecule has 2 aliphatic rings. The number of nitrogens with zero attached hydrogens (tertiary/aromatic N) is 1. The minimum atomic E-state index is -0.790. The summed E-state index contributed by atoms with van der Waals surface area (Å²) in [6.45, 7) is 0.738. The maximum atomic E-state index is 13.4. The summed E-state index contributed by atoms with van der Waals surface area (Å²) in [5.41, 5.74) is 0.893. The standard InChI is InChI=1S/C22H26F3NO/c23-19(13-26)11-15-3-8-20(9-4-15)27-14-16-1-5-17(6-2-16)18-7-10-21(24)22(25)12-18/h7,10-12,15-17,20H,1-6,8-9,14H2/b19-11-. The zero-order valence-corrected chi connectivity index (χ0v) is 15.5. The molecular formula is C22H26F3NO. The van der Waals surface area contributed by atoms with E-state index in [-0.39, 0.29) is 12.0 Å². The van der Waals surface area contributed by atoms with Crippen molar-refractivity contribution in [2.75, 3.05) is 6.61 Å². The van der Waals surface area contributed by atoms with E-state index in [9.17, 15) is 13.2 Å². The first-order chi connectivity index (χ1) is 13.0. The van der Waals surface area contributed by atoms with Crippen molar-refractivity contribution in [3.8, 4) is 6.07 Å². The van der Waals surface area contributed by atoms with E-state index in [1.807, 2.05) is 0 Å². The van der Waals surface area contributed by atoms with E-state index >= 15 is 0 Å². The Hall–Kier alpha value is -1.80. The van der Waals surface area contributed by atoms with Gasteiger partial charge in [-0.05, 0) is 92.9 Å². The predicted molar refractivity (Wildman–Crippen MR) is 97.6 cm³/mol. The Labute approximate surface area is 159 Å². The van der Waals surface area contributed by atoms with Crippen LogP contribution in [0.25, 0.3) is 0 Å². The molecule has 0 radical (unpaired) electrons. The maximum absolute atomic E-state index is 13.4. The minimum Gasteiger partial charge on any atom is -0.378 e. The molecule has 3 rings (SSSR count). The molecule has 1 aromatic carbocycles. The average Bonchev–Trinajstić information content (AvgIpc) is 2.70. The second-order valence-corrected chi connectivity index (χ2v) is 7.89. The van der Waals surface area contributed by atoms with E-state index in [1.54, 1.807) is 6.07 Å². The van der Waals surface area contributed by atoms with Crippen molar-refractivity contribution < 1.29 is 17.9 Å². The van der Waals surface area contributed by atoms with E-state index in [0.29, 0.717) is 11.8 Å². The zero-order chi connectivity index (χ0) is 19.2. The number of allylic oxidation sites excluding steroid dienone is 2. The van der Waals surface area contributed by atoms with Crippen LogP contribution in [0.2, 0.25) is 0 Å². The van der Waals surface area contributed by atoms with Crippen LogP contribution in [-0.2, 0) is 4.74 Å². The topological polar surface area (TPSA) is 33.0 Å². The summed E-state index contributed by atoms with van der Waals surface area (Å²) in [5, 5.41) is 8.51. The molecule has 0 amide bonds. The van der Waals surface area contributed by atoms with Crippen molar-refractivity contribution in [2.24, 2.45) is 11.8 Å². The lowest BCUT2D eigenvalue weighted by Gasteiger charge is -2.32. The van der Waals surface area contributed by atoms with Crippen LogP contribution in [0, 0.1) is 34.8 Å². The molecule has 2 nitrogen and oxygen atoms in total. The molecule has 0 saturated heterocycles. The van der Waals surface area contributed by atoms with Crippen LogP contribution in [0.15, 0.2) is 30.1 Å². The van der Waals surface area contributed by atoms with Gasteiger partial charge in [0.2, 0.25) is 0 Å². The van der Waals surface area contributed by atoms with E-state index in [4.69, 9.17) is 10.00 Å². The molecule has 2 aliphatic carbocycles. The van der Waals surface area contributed by atoms with E-state index in [1.165, 1.54) is 24.3 Å². The second kappa shape index (κ2) is 9.41. The normalized spacial score (nSPS) is 29.3. The van der Waals surface area contributed by atoms with Crippen LogP contribution in [0.4, 0.5) is 13.2 Å². The Morgan fingerprint density at radius 3 is 2.37 bits per heavy atom. The summed E-state index contributed by atoms with van der Waals surface area (Å²) in [4.78, 5) is 0. The molecule has 0 atom stereocenters. The van der Waals surface area contributed by atoms with Crippen LogP contribution in [0.3, 0.4) is 0 Å². The third kappa shape index (κ3) is 5.59. The predicted octanol–water partition coefficient (Wildman–Crippen LogP) is 6.19. The van der Waals surface area contributed by atoms with Crippen LogP contribution >= 0.6 is 0 Å². The molecule has 0 heterocycles. The van der Waals surface area contributed by atoms with Gasteiger partial charge < -0.3 is 4.74 Å². The summed E-state index contributed by atoms with van der Waals surface area (Å²) < 4.78 is 45.6. The van der Waals surface area contributed by atoms with E-state index < -0.39 is 17.5 Å². The molecule has 146 valence electrons. The summed E-state index contributed by atoms with van der Waals surface area (Å²) in [7, 11) is 0. The fraction of sp³-hybridized carbons (Fsp3) is 0.591. The molecule has 2 fully saturated rings. The highest BCUT2D eigenvalue weighted by molar-refractivity contribution is 5.22. The number of benzene rings is 1. The summed E-state index contributed by atoms with van der Waals surface area (Å²) in [6.07, 6.45) is 9.23. The minimum absolute atomic E-state index is 0.149. The number of hydrogen-bond acceptors (Lipinski definition) is 2. The Kier molecular flexibility index (Phi) is 6.95. The van der Waals surface area contributed by atoms with Gasteiger partial charge in [0.25, 0.3) is 0 Å².